The normalized spacial score (nSPS) is 14.6. The largest absolute Gasteiger partial charge is 0.486 e. The summed E-state index contributed by atoms with van der Waals surface area (Å²) in [5.74, 6) is 1.63. The molecule has 0 fully saturated rings. The fourth-order valence-corrected chi connectivity index (χ4v) is 2.02. The Morgan fingerprint density at radius 3 is 2.35 bits per heavy atom. The van der Waals surface area contributed by atoms with Crippen molar-refractivity contribution in [2.24, 2.45) is 5.41 Å². The van der Waals surface area contributed by atoms with Crippen LogP contribution in [0.2, 0.25) is 0 Å². The van der Waals surface area contributed by atoms with Crippen LogP contribution < -0.4 is 14.8 Å². The monoisotopic (exact) mass is 299 g/mol. The van der Waals surface area contributed by atoms with Gasteiger partial charge < -0.3 is 14.8 Å². The molecule has 3 nitrogen and oxygen atoms in total. The van der Waals surface area contributed by atoms with E-state index in [-0.39, 0.29) is 5.41 Å². The molecule has 0 aromatic heterocycles. The molecule has 0 saturated heterocycles. The molecule has 1 N–H and O–H groups in total. The van der Waals surface area contributed by atoms with Crippen molar-refractivity contribution in [1.29, 1.82) is 0 Å². The minimum atomic E-state index is 0.243. The molecule has 0 saturated carbocycles. The average Bonchev–Trinajstić information content (AvgIpc) is 2.25. The number of hydrogen-bond acceptors (Lipinski definition) is 3. The van der Waals surface area contributed by atoms with E-state index in [4.69, 9.17) is 9.47 Å². The predicted octanol–water partition coefficient (Wildman–Crippen LogP) is 3.68. The van der Waals surface area contributed by atoms with Crippen molar-refractivity contribution in [3.05, 3.63) is 16.6 Å². The van der Waals surface area contributed by atoms with Crippen LogP contribution in [0.5, 0.6) is 11.5 Å². The van der Waals surface area contributed by atoms with E-state index in [1.54, 1.807) is 0 Å². The first-order valence-electron chi connectivity index (χ1n) is 5.79. The number of rotatable bonds is 2. The molecular weight excluding hydrogens is 282 g/mol. The minimum Gasteiger partial charge on any atom is -0.486 e. The second-order valence-corrected chi connectivity index (χ2v) is 6.24. The van der Waals surface area contributed by atoms with E-state index >= 15 is 0 Å². The summed E-state index contributed by atoms with van der Waals surface area (Å²) in [5.41, 5.74) is 1.29. The molecule has 0 amide bonds. The van der Waals surface area contributed by atoms with Crippen LogP contribution in [-0.4, -0.2) is 19.8 Å². The molecule has 4 heteroatoms. The van der Waals surface area contributed by atoms with E-state index in [0.717, 1.165) is 28.2 Å². The maximum atomic E-state index is 5.57. The summed E-state index contributed by atoms with van der Waals surface area (Å²) in [5, 5.41) is 3.42. The molecule has 0 radical (unpaired) electrons. The van der Waals surface area contributed by atoms with Crippen molar-refractivity contribution in [1.82, 2.24) is 0 Å². The standard InChI is InChI=1S/C13H18BrNO2/c1-13(2,3)8-15-10-7-12-11(6-9(10)14)16-4-5-17-12/h6-7,15H,4-5,8H2,1-3H3. The van der Waals surface area contributed by atoms with Crippen molar-refractivity contribution in [3.63, 3.8) is 0 Å². The maximum Gasteiger partial charge on any atom is 0.163 e. The molecule has 1 aromatic carbocycles. The fourth-order valence-electron chi connectivity index (χ4n) is 1.56. The lowest BCUT2D eigenvalue weighted by Crippen LogP contribution is -2.20. The summed E-state index contributed by atoms with van der Waals surface area (Å²) < 4.78 is 12.1. The molecule has 0 unspecified atom stereocenters. The molecule has 1 aromatic rings. The van der Waals surface area contributed by atoms with Gasteiger partial charge in [0.2, 0.25) is 0 Å². The van der Waals surface area contributed by atoms with Crippen LogP contribution in [0.1, 0.15) is 20.8 Å². The number of benzene rings is 1. The summed E-state index contributed by atoms with van der Waals surface area (Å²) in [4.78, 5) is 0. The van der Waals surface area contributed by atoms with E-state index in [0.29, 0.717) is 13.2 Å². The lowest BCUT2D eigenvalue weighted by Gasteiger charge is -2.23. The third kappa shape index (κ3) is 3.28. The highest BCUT2D eigenvalue weighted by Gasteiger charge is 2.16. The molecule has 0 bridgehead atoms. The lowest BCUT2D eigenvalue weighted by atomic mass is 9.97. The van der Waals surface area contributed by atoms with Crippen molar-refractivity contribution < 1.29 is 9.47 Å². The number of halogens is 1. The third-order valence-corrected chi connectivity index (χ3v) is 3.10. The van der Waals surface area contributed by atoms with Gasteiger partial charge in [0.25, 0.3) is 0 Å². The number of hydrogen-bond donors (Lipinski definition) is 1. The molecule has 17 heavy (non-hydrogen) atoms. The molecular formula is C13H18BrNO2. The van der Waals surface area contributed by atoms with Crippen LogP contribution in [-0.2, 0) is 0 Å². The highest BCUT2D eigenvalue weighted by Crippen LogP contribution is 2.38. The molecule has 1 aliphatic heterocycles. The van der Waals surface area contributed by atoms with E-state index in [1.165, 1.54) is 0 Å². The third-order valence-electron chi connectivity index (χ3n) is 2.44. The van der Waals surface area contributed by atoms with Gasteiger partial charge in [-0.3, -0.25) is 0 Å². The SMILES string of the molecule is CC(C)(C)CNc1cc2c(cc1Br)OCCO2. The first-order chi connectivity index (χ1) is 7.96. The van der Waals surface area contributed by atoms with Crippen LogP contribution in [0.4, 0.5) is 5.69 Å². The van der Waals surface area contributed by atoms with Gasteiger partial charge in [-0.1, -0.05) is 20.8 Å². The lowest BCUT2D eigenvalue weighted by molar-refractivity contribution is 0.171. The second-order valence-electron chi connectivity index (χ2n) is 5.39. The van der Waals surface area contributed by atoms with Gasteiger partial charge in [-0.25, -0.2) is 0 Å². The topological polar surface area (TPSA) is 30.5 Å². The summed E-state index contributed by atoms with van der Waals surface area (Å²) in [6.07, 6.45) is 0. The van der Waals surface area contributed by atoms with Crippen LogP contribution in [0, 0.1) is 5.41 Å². The zero-order valence-electron chi connectivity index (χ0n) is 10.5. The summed E-state index contributed by atoms with van der Waals surface area (Å²) >= 11 is 3.55. The van der Waals surface area contributed by atoms with Crippen LogP contribution >= 0.6 is 15.9 Å². The Balaban J connectivity index is 2.17. The maximum absolute atomic E-state index is 5.57. The van der Waals surface area contributed by atoms with Crippen LogP contribution in [0.3, 0.4) is 0 Å². The quantitative estimate of drug-likeness (QED) is 0.904. The Hall–Kier alpha value is -0.900. The Bertz CT molecular complexity index is 413. The zero-order valence-corrected chi connectivity index (χ0v) is 12.1. The summed E-state index contributed by atoms with van der Waals surface area (Å²) in [7, 11) is 0. The summed E-state index contributed by atoms with van der Waals surface area (Å²) in [6.45, 7) is 8.75. The first-order valence-corrected chi connectivity index (χ1v) is 6.58. The minimum absolute atomic E-state index is 0.243. The Morgan fingerprint density at radius 1 is 1.18 bits per heavy atom. The van der Waals surface area contributed by atoms with Gasteiger partial charge in [0.15, 0.2) is 11.5 Å². The van der Waals surface area contributed by atoms with Gasteiger partial charge in [0, 0.05) is 23.2 Å². The highest BCUT2D eigenvalue weighted by atomic mass is 79.9. The van der Waals surface area contributed by atoms with Gasteiger partial charge in [-0.15, -0.1) is 0 Å². The number of ether oxygens (including phenoxy) is 2. The predicted molar refractivity (Wildman–Crippen MR) is 73.1 cm³/mol. The fraction of sp³-hybridized carbons (Fsp3) is 0.538. The molecule has 1 aliphatic rings. The number of nitrogens with one attached hydrogen (secondary N) is 1. The highest BCUT2D eigenvalue weighted by molar-refractivity contribution is 9.10. The second kappa shape index (κ2) is 4.77. The van der Waals surface area contributed by atoms with Crippen LogP contribution in [0.25, 0.3) is 0 Å². The molecule has 94 valence electrons. The summed E-state index contributed by atoms with van der Waals surface area (Å²) in [6, 6.07) is 3.95. The van der Waals surface area contributed by atoms with E-state index in [9.17, 15) is 0 Å². The zero-order chi connectivity index (χ0) is 12.5. The first kappa shape index (κ1) is 12.6. The van der Waals surface area contributed by atoms with Crippen molar-refractivity contribution >= 4 is 21.6 Å². The van der Waals surface area contributed by atoms with E-state index < -0.39 is 0 Å². The molecule has 1 heterocycles. The Labute approximate surface area is 111 Å². The van der Waals surface area contributed by atoms with Gasteiger partial charge in [0.1, 0.15) is 13.2 Å². The van der Waals surface area contributed by atoms with Gasteiger partial charge in [-0.05, 0) is 21.3 Å². The molecule has 2 rings (SSSR count). The molecule has 0 aliphatic carbocycles. The van der Waals surface area contributed by atoms with Crippen molar-refractivity contribution in [2.45, 2.75) is 20.8 Å². The van der Waals surface area contributed by atoms with Gasteiger partial charge in [-0.2, -0.15) is 0 Å². The van der Waals surface area contributed by atoms with E-state index in [1.807, 2.05) is 12.1 Å². The van der Waals surface area contributed by atoms with Gasteiger partial charge >= 0.3 is 0 Å². The van der Waals surface area contributed by atoms with Crippen LogP contribution in [0.15, 0.2) is 16.6 Å². The average molecular weight is 300 g/mol. The molecule has 0 atom stereocenters. The van der Waals surface area contributed by atoms with E-state index in [2.05, 4.69) is 42.0 Å². The smallest absolute Gasteiger partial charge is 0.163 e. The van der Waals surface area contributed by atoms with Crippen molar-refractivity contribution in [2.75, 3.05) is 25.1 Å². The van der Waals surface area contributed by atoms with Gasteiger partial charge in [0.05, 0.1) is 5.69 Å². The molecule has 0 spiro atoms. The Morgan fingerprint density at radius 2 is 1.76 bits per heavy atom. The number of anilines is 1. The number of fused-ring (bicyclic) bond motifs is 1. The van der Waals surface area contributed by atoms with Crippen molar-refractivity contribution in [3.8, 4) is 11.5 Å². The Kier molecular flexibility index (Phi) is 3.52.